The van der Waals surface area contributed by atoms with Gasteiger partial charge in [0.15, 0.2) is 6.04 Å². The fourth-order valence-electron chi connectivity index (χ4n) is 5.68. The van der Waals surface area contributed by atoms with Gasteiger partial charge >= 0.3 is 0 Å². The maximum atomic E-state index is 6.19. The molecule has 7 nitrogen and oxygen atoms in total. The number of nitrogens with zero attached hydrogens (tertiary/aromatic N) is 4. The highest BCUT2D eigenvalue weighted by Crippen LogP contribution is 2.21. The fraction of sp³-hybridized carbons (Fsp3) is 0.682. The molecule has 3 aliphatic rings. The largest absolute Gasteiger partial charge is 0.376 e. The van der Waals surface area contributed by atoms with Crippen LogP contribution in [0.1, 0.15) is 56.0 Å². The Morgan fingerprint density at radius 1 is 1.03 bits per heavy atom. The van der Waals surface area contributed by atoms with Gasteiger partial charge in [-0.15, -0.1) is 5.10 Å². The minimum Gasteiger partial charge on any atom is -0.376 e. The van der Waals surface area contributed by atoms with E-state index in [0.717, 1.165) is 56.0 Å². The van der Waals surface area contributed by atoms with E-state index in [1.54, 1.807) is 4.90 Å². The highest BCUT2D eigenvalue weighted by molar-refractivity contribution is 6.30. The maximum Gasteiger partial charge on any atom is 0.214 e. The van der Waals surface area contributed by atoms with Crippen LogP contribution < -0.4 is 9.80 Å². The van der Waals surface area contributed by atoms with Crippen LogP contribution in [-0.2, 0) is 11.3 Å². The van der Waals surface area contributed by atoms with Crippen LogP contribution in [0.4, 0.5) is 0 Å². The maximum absolute atomic E-state index is 6.19. The van der Waals surface area contributed by atoms with Crippen molar-refractivity contribution >= 4 is 11.6 Å². The number of rotatable bonds is 6. The van der Waals surface area contributed by atoms with E-state index in [0.29, 0.717) is 0 Å². The van der Waals surface area contributed by atoms with Gasteiger partial charge in [-0.1, -0.05) is 23.7 Å². The molecule has 2 aliphatic heterocycles. The minimum absolute atomic E-state index is 0.129. The van der Waals surface area contributed by atoms with Crippen molar-refractivity contribution in [3.8, 4) is 0 Å². The van der Waals surface area contributed by atoms with Crippen molar-refractivity contribution in [2.45, 2.75) is 63.3 Å². The molecule has 5 rings (SSSR count). The molecule has 162 valence electrons. The summed E-state index contributed by atoms with van der Waals surface area (Å²) >= 11 is 6.19. The first-order valence-corrected chi connectivity index (χ1v) is 12.0. The molecule has 1 aliphatic carbocycles. The smallest absolute Gasteiger partial charge is 0.214 e. The van der Waals surface area contributed by atoms with Gasteiger partial charge in [-0.05, 0) is 61.1 Å². The van der Waals surface area contributed by atoms with E-state index < -0.39 is 0 Å². The van der Waals surface area contributed by atoms with Gasteiger partial charge in [-0.3, -0.25) is 0 Å². The number of benzene rings is 1. The molecule has 0 amide bonds. The number of tetrazole rings is 1. The lowest BCUT2D eigenvalue weighted by Gasteiger charge is -2.36. The number of ether oxygens (including phenoxy) is 1. The first kappa shape index (κ1) is 20.4. The van der Waals surface area contributed by atoms with E-state index in [4.69, 9.17) is 16.3 Å². The highest BCUT2D eigenvalue weighted by Gasteiger charge is 2.38. The zero-order chi connectivity index (χ0) is 20.3. The van der Waals surface area contributed by atoms with Gasteiger partial charge in [0.2, 0.25) is 5.82 Å². The molecule has 0 unspecified atom stereocenters. The molecule has 0 bridgehead atoms. The number of quaternary nitrogens is 2. The Morgan fingerprint density at radius 2 is 1.80 bits per heavy atom. The SMILES string of the molecule is Clc1ccc([C@H](c2nnnn2C[C@@H]2CCCO2)[NH+]2CC[NH+](C3CCCC3)CC2)cc1. The zero-order valence-electron chi connectivity index (χ0n) is 17.6. The monoisotopic (exact) mass is 432 g/mol. The van der Waals surface area contributed by atoms with E-state index in [1.807, 2.05) is 21.7 Å². The van der Waals surface area contributed by atoms with Crippen molar-refractivity contribution in [3.05, 3.63) is 40.7 Å². The summed E-state index contributed by atoms with van der Waals surface area (Å²) in [5.41, 5.74) is 1.24. The lowest BCUT2D eigenvalue weighted by Crippen LogP contribution is -3.29. The van der Waals surface area contributed by atoms with Crippen molar-refractivity contribution in [1.82, 2.24) is 20.2 Å². The van der Waals surface area contributed by atoms with Gasteiger partial charge in [-0.2, -0.15) is 0 Å². The summed E-state index contributed by atoms with van der Waals surface area (Å²) in [5.74, 6) is 0.951. The third-order valence-electron chi connectivity index (χ3n) is 7.30. The van der Waals surface area contributed by atoms with E-state index in [1.165, 1.54) is 44.3 Å². The van der Waals surface area contributed by atoms with Crippen LogP contribution in [0.2, 0.25) is 5.02 Å². The lowest BCUT2D eigenvalue weighted by atomic mass is 10.0. The summed E-state index contributed by atoms with van der Waals surface area (Å²) in [6.45, 7) is 6.34. The standard InChI is InChI=1S/C22H31ClN6O/c23-18-9-7-17(8-10-18)21(22-24-25-26-29(22)16-20-6-3-15-30-20)28-13-11-27(12-14-28)19-4-1-2-5-19/h7-10,19-21H,1-6,11-16H2/p+2/t20-,21+/m0/s1. The van der Waals surface area contributed by atoms with Crippen LogP contribution in [0.5, 0.6) is 0 Å². The topological polar surface area (TPSA) is 61.7 Å². The van der Waals surface area contributed by atoms with Gasteiger partial charge < -0.3 is 14.5 Å². The third-order valence-corrected chi connectivity index (χ3v) is 7.55. The molecule has 1 saturated carbocycles. The molecule has 2 aromatic rings. The van der Waals surface area contributed by atoms with E-state index in [2.05, 4.69) is 27.7 Å². The number of nitrogens with one attached hydrogen (secondary N) is 2. The molecule has 0 spiro atoms. The molecule has 2 saturated heterocycles. The first-order chi connectivity index (χ1) is 14.8. The van der Waals surface area contributed by atoms with Crippen molar-refractivity contribution in [1.29, 1.82) is 0 Å². The van der Waals surface area contributed by atoms with Crippen LogP contribution in [0, 0.1) is 0 Å². The van der Waals surface area contributed by atoms with E-state index in [-0.39, 0.29) is 12.1 Å². The Kier molecular flexibility index (Phi) is 6.32. The van der Waals surface area contributed by atoms with Gasteiger partial charge in [0.1, 0.15) is 26.2 Å². The summed E-state index contributed by atoms with van der Waals surface area (Å²) in [4.78, 5) is 3.37. The summed E-state index contributed by atoms with van der Waals surface area (Å²) < 4.78 is 7.84. The quantitative estimate of drug-likeness (QED) is 0.690. The molecular formula is C22H33ClN6O+2. The predicted octanol–water partition coefficient (Wildman–Crippen LogP) is 0.321. The Labute approximate surface area is 183 Å². The van der Waals surface area contributed by atoms with Gasteiger partial charge in [0.25, 0.3) is 0 Å². The molecule has 8 heteroatoms. The average Bonchev–Trinajstić information content (AvgIpc) is 3.54. The molecule has 3 heterocycles. The summed E-state index contributed by atoms with van der Waals surface area (Å²) in [7, 11) is 0. The Balaban J connectivity index is 1.38. The number of piperazine rings is 1. The van der Waals surface area contributed by atoms with Crippen molar-refractivity contribution < 1.29 is 14.5 Å². The fourth-order valence-corrected chi connectivity index (χ4v) is 5.80. The van der Waals surface area contributed by atoms with Crippen molar-refractivity contribution in [2.75, 3.05) is 32.8 Å². The van der Waals surface area contributed by atoms with Gasteiger partial charge in [0, 0.05) is 17.2 Å². The summed E-state index contributed by atoms with van der Waals surface area (Å²) in [6, 6.07) is 9.26. The van der Waals surface area contributed by atoms with Crippen LogP contribution >= 0.6 is 11.6 Å². The van der Waals surface area contributed by atoms with Gasteiger partial charge in [-0.25, -0.2) is 4.68 Å². The normalized spacial score (nSPS) is 28.8. The molecule has 1 aromatic carbocycles. The lowest BCUT2D eigenvalue weighted by molar-refractivity contribution is -1.03. The molecule has 30 heavy (non-hydrogen) atoms. The van der Waals surface area contributed by atoms with Crippen LogP contribution in [0.25, 0.3) is 0 Å². The molecule has 0 radical (unpaired) electrons. The summed E-state index contributed by atoms with van der Waals surface area (Å²) in [6.07, 6.45) is 8.07. The Hall–Kier alpha value is -1.54. The Morgan fingerprint density at radius 3 is 2.50 bits per heavy atom. The Bertz CT molecular complexity index is 807. The number of aromatic nitrogens is 4. The first-order valence-electron chi connectivity index (χ1n) is 11.6. The zero-order valence-corrected chi connectivity index (χ0v) is 18.4. The van der Waals surface area contributed by atoms with Gasteiger partial charge in [0.05, 0.1) is 18.7 Å². The third kappa shape index (κ3) is 4.40. The summed E-state index contributed by atoms with van der Waals surface area (Å²) in [5, 5.41) is 13.7. The van der Waals surface area contributed by atoms with Crippen LogP contribution in [0.3, 0.4) is 0 Å². The molecule has 3 fully saturated rings. The van der Waals surface area contributed by atoms with E-state index in [9.17, 15) is 0 Å². The average molecular weight is 433 g/mol. The van der Waals surface area contributed by atoms with Crippen molar-refractivity contribution in [3.63, 3.8) is 0 Å². The highest BCUT2D eigenvalue weighted by atomic mass is 35.5. The second kappa shape index (κ2) is 9.30. The van der Waals surface area contributed by atoms with Crippen LogP contribution in [-0.4, -0.2) is 65.1 Å². The molecular weight excluding hydrogens is 400 g/mol. The molecule has 2 atom stereocenters. The second-order valence-corrected chi connectivity index (χ2v) is 9.57. The van der Waals surface area contributed by atoms with Crippen LogP contribution in [0.15, 0.2) is 24.3 Å². The number of hydrogen-bond donors (Lipinski definition) is 2. The molecule has 2 N–H and O–H groups in total. The minimum atomic E-state index is 0.129. The van der Waals surface area contributed by atoms with Crippen molar-refractivity contribution in [2.24, 2.45) is 0 Å². The van der Waals surface area contributed by atoms with E-state index >= 15 is 0 Å². The molecule has 1 aromatic heterocycles. The second-order valence-electron chi connectivity index (χ2n) is 9.14. The number of hydrogen-bond acceptors (Lipinski definition) is 4. The predicted molar refractivity (Wildman–Crippen MR) is 114 cm³/mol. The number of halogens is 1.